The Hall–Kier alpha value is -2.24. The molecule has 0 saturated carbocycles. The molecule has 1 aliphatic heterocycles. The zero-order chi connectivity index (χ0) is 15.4. The Morgan fingerprint density at radius 2 is 1.48 bits per heavy atom. The van der Waals surface area contributed by atoms with Gasteiger partial charge in [0.2, 0.25) is 0 Å². The zero-order valence-corrected chi connectivity index (χ0v) is 12.4. The molecule has 2 atom stereocenters. The van der Waals surface area contributed by atoms with Crippen LogP contribution in [0.2, 0.25) is 0 Å². The number of hydrogen-bond donors (Lipinski definition) is 0. The van der Waals surface area contributed by atoms with Crippen LogP contribution in [-0.4, -0.2) is 44.3 Å². The van der Waals surface area contributed by atoms with E-state index in [2.05, 4.69) is 0 Å². The predicted molar refractivity (Wildman–Crippen MR) is 76.3 cm³/mol. The van der Waals surface area contributed by atoms with Crippen LogP contribution in [0.5, 0.6) is 5.75 Å². The van der Waals surface area contributed by atoms with Crippen molar-refractivity contribution in [1.29, 1.82) is 0 Å². The second kappa shape index (κ2) is 6.47. The van der Waals surface area contributed by atoms with E-state index in [9.17, 15) is 9.59 Å². The molecule has 1 fully saturated rings. The second-order valence-corrected chi connectivity index (χ2v) is 4.50. The van der Waals surface area contributed by atoms with E-state index in [-0.39, 0.29) is 13.2 Å². The lowest BCUT2D eigenvalue weighted by atomic mass is 10.3. The smallest absolute Gasteiger partial charge is 0.331 e. The van der Waals surface area contributed by atoms with Crippen molar-refractivity contribution >= 4 is 17.6 Å². The Morgan fingerprint density at radius 1 is 1.00 bits per heavy atom. The van der Waals surface area contributed by atoms with Crippen LogP contribution >= 0.6 is 0 Å². The van der Waals surface area contributed by atoms with Gasteiger partial charge >= 0.3 is 11.9 Å². The number of carbonyl (C=O) groups is 2. The van der Waals surface area contributed by atoms with Crippen LogP contribution in [0, 0.1) is 0 Å². The molecule has 0 bridgehead atoms. The fraction of sp³-hybridized carbons (Fsp3) is 0.467. The van der Waals surface area contributed by atoms with Crippen LogP contribution in [0.25, 0.3) is 0 Å². The highest BCUT2D eigenvalue weighted by molar-refractivity contribution is 6.01. The first-order valence-electron chi connectivity index (χ1n) is 6.89. The molecule has 0 unspecified atom stereocenters. The van der Waals surface area contributed by atoms with Crippen molar-refractivity contribution < 1.29 is 23.8 Å². The maximum absolute atomic E-state index is 11.9. The average molecular weight is 293 g/mol. The minimum absolute atomic E-state index is 0.279. The number of rotatable bonds is 6. The summed E-state index contributed by atoms with van der Waals surface area (Å²) in [6.07, 6.45) is 0. The normalized spacial score (nSPS) is 19.9. The van der Waals surface area contributed by atoms with Gasteiger partial charge in [-0.3, -0.25) is 0 Å². The molecule has 1 aromatic rings. The van der Waals surface area contributed by atoms with E-state index in [0.29, 0.717) is 5.75 Å². The highest BCUT2D eigenvalue weighted by atomic mass is 16.5. The van der Waals surface area contributed by atoms with Crippen molar-refractivity contribution in [2.75, 3.05) is 25.2 Å². The van der Waals surface area contributed by atoms with Crippen molar-refractivity contribution in [1.82, 2.24) is 0 Å². The van der Waals surface area contributed by atoms with Crippen molar-refractivity contribution in [2.24, 2.45) is 0 Å². The molecular weight excluding hydrogens is 274 g/mol. The molecule has 0 N–H and O–H groups in total. The molecule has 0 radical (unpaired) electrons. The van der Waals surface area contributed by atoms with Gasteiger partial charge in [-0.1, -0.05) is 0 Å². The van der Waals surface area contributed by atoms with Gasteiger partial charge in [0.25, 0.3) is 0 Å². The van der Waals surface area contributed by atoms with Gasteiger partial charge in [-0.25, -0.2) is 9.59 Å². The van der Waals surface area contributed by atoms with Crippen LogP contribution in [0.3, 0.4) is 0 Å². The summed E-state index contributed by atoms with van der Waals surface area (Å²) in [7, 11) is 1.58. The Kier molecular flexibility index (Phi) is 4.67. The third-order valence-corrected chi connectivity index (χ3v) is 3.24. The summed E-state index contributed by atoms with van der Waals surface area (Å²) in [5, 5.41) is 0. The highest BCUT2D eigenvalue weighted by Gasteiger charge is 2.59. The van der Waals surface area contributed by atoms with Gasteiger partial charge in [0.1, 0.15) is 5.75 Å². The Bertz CT molecular complexity index is 489. The van der Waals surface area contributed by atoms with Crippen molar-refractivity contribution in [2.45, 2.75) is 25.9 Å². The molecule has 114 valence electrons. The molecule has 0 aromatic heterocycles. The van der Waals surface area contributed by atoms with Gasteiger partial charge in [0.05, 0.1) is 20.3 Å². The van der Waals surface area contributed by atoms with Gasteiger partial charge < -0.3 is 19.1 Å². The molecule has 0 spiro atoms. The minimum Gasteiger partial charge on any atom is -0.497 e. The number of carbonyl (C=O) groups excluding carboxylic acids is 2. The SMILES string of the molecule is CCOC(=O)[C@@H]1[C@H](C(=O)OCC)N1c1ccc(OC)cc1. The maximum atomic E-state index is 11.9. The Balaban J connectivity index is 2.17. The fourth-order valence-electron chi connectivity index (χ4n) is 2.25. The molecule has 6 heteroatoms. The van der Waals surface area contributed by atoms with Crippen molar-refractivity contribution in [3.8, 4) is 5.75 Å². The monoisotopic (exact) mass is 293 g/mol. The van der Waals surface area contributed by atoms with Crippen molar-refractivity contribution in [3.63, 3.8) is 0 Å². The number of benzene rings is 1. The van der Waals surface area contributed by atoms with Gasteiger partial charge in [0.15, 0.2) is 12.1 Å². The molecule has 21 heavy (non-hydrogen) atoms. The van der Waals surface area contributed by atoms with E-state index in [1.165, 1.54) is 0 Å². The molecule has 1 heterocycles. The van der Waals surface area contributed by atoms with Gasteiger partial charge in [-0.05, 0) is 38.1 Å². The molecule has 1 saturated heterocycles. The van der Waals surface area contributed by atoms with E-state index in [1.807, 2.05) is 0 Å². The van der Waals surface area contributed by atoms with Crippen LogP contribution in [0.15, 0.2) is 24.3 Å². The third-order valence-electron chi connectivity index (χ3n) is 3.24. The molecule has 2 rings (SSSR count). The molecule has 6 nitrogen and oxygen atoms in total. The summed E-state index contributed by atoms with van der Waals surface area (Å²) in [6, 6.07) is 5.92. The molecule has 1 aromatic carbocycles. The van der Waals surface area contributed by atoms with E-state index in [1.54, 1.807) is 50.1 Å². The van der Waals surface area contributed by atoms with Gasteiger partial charge in [-0.15, -0.1) is 0 Å². The first-order valence-corrected chi connectivity index (χ1v) is 6.89. The summed E-state index contributed by atoms with van der Waals surface area (Å²) in [5.41, 5.74) is 0.756. The number of ether oxygens (including phenoxy) is 3. The summed E-state index contributed by atoms with van der Waals surface area (Å²) in [6.45, 7) is 4.03. The lowest BCUT2D eigenvalue weighted by molar-refractivity contribution is -0.147. The average Bonchev–Trinajstić information content (AvgIpc) is 3.23. The summed E-state index contributed by atoms with van der Waals surface area (Å²) >= 11 is 0. The third kappa shape index (κ3) is 3.09. The Labute approximate surface area is 123 Å². The number of esters is 2. The highest BCUT2D eigenvalue weighted by Crippen LogP contribution is 2.37. The first-order chi connectivity index (χ1) is 10.1. The molecule has 0 aliphatic carbocycles. The van der Waals surface area contributed by atoms with Crippen LogP contribution in [-0.2, 0) is 19.1 Å². The van der Waals surface area contributed by atoms with Crippen LogP contribution in [0.1, 0.15) is 13.8 Å². The van der Waals surface area contributed by atoms with E-state index in [4.69, 9.17) is 14.2 Å². The topological polar surface area (TPSA) is 64.8 Å². The summed E-state index contributed by atoms with van der Waals surface area (Å²) < 4.78 is 15.1. The van der Waals surface area contributed by atoms with Crippen molar-refractivity contribution in [3.05, 3.63) is 24.3 Å². The first kappa shape index (κ1) is 15.2. The zero-order valence-electron chi connectivity index (χ0n) is 12.4. The van der Waals surface area contributed by atoms with E-state index in [0.717, 1.165) is 5.69 Å². The predicted octanol–water partition coefficient (Wildman–Crippen LogP) is 1.38. The molecule has 1 aliphatic rings. The van der Waals surface area contributed by atoms with E-state index >= 15 is 0 Å². The van der Waals surface area contributed by atoms with Gasteiger partial charge in [0, 0.05) is 5.69 Å². The van der Waals surface area contributed by atoms with Gasteiger partial charge in [-0.2, -0.15) is 0 Å². The summed E-state index contributed by atoms with van der Waals surface area (Å²) in [5.74, 6) is -0.112. The lowest BCUT2D eigenvalue weighted by Crippen LogP contribution is -2.20. The Morgan fingerprint density at radius 3 is 1.86 bits per heavy atom. The number of hydrogen-bond acceptors (Lipinski definition) is 6. The fourth-order valence-corrected chi connectivity index (χ4v) is 2.25. The largest absolute Gasteiger partial charge is 0.497 e. The minimum atomic E-state index is -0.614. The standard InChI is InChI=1S/C15H19NO5/c1-4-20-14(17)12-13(15(18)21-5-2)16(12)10-6-8-11(19-3)9-7-10/h6-9,12-13H,4-5H2,1-3H3/t12-,13+,16?. The number of methoxy groups -OCH3 is 1. The van der Waals surface area contributed by atoms with Crippen LogP contribution < -0.4 is 9.64 Å². The molecule has 0 amide bonds. The quantitative estimate of drug-likeness (QED) is 0.583. The summed E-state index contributed by atoms with van der Waals surface area (Å²) in [4.78, 5) is 25.6. The second-order valence-electron chi connectivity index (χ2n) is 4.50. The van der Waals surface area contributed by atoms with Crippen LogP contribution in [0.4, 0.5) is 5.69 Å². The maximum Gasteiger partial charge on any atom is 0.331 e. The lowest BCUT2D eigenvalue weighted by Gasteiger charge is -2.07. The molecular formula is C15H19NO5. The number of nitrogens with zero attached hydrogens (tertiary/aromatic N) is 1. The van der Waals surface area contributed by atoms with E-state index < -0.39 is 24.0 Å². The number of anilines is 1.